The minimum absolute atomic E-state index is 0.572. The Hall–Kier alpha value is -1.65. The van der Waals surface area contributed by atoms with Crippen LogP contribution in [0.25, 0.3) is 11.5 Å². The molecule has 0 N–H and O–H groups in total. The molecule has 5 heteroatoms. The molecule has 6 rings (SSSR count). The summed E-state index contributed by atoms with van der Waals surface area (Å²) in [5.41, 5.74) is 0.836. The lowest BCUT2D eigenvalue weighted by Gasteiger charge is -2.38. The van der Waals surface area contributed by atoms with Gasteiger partial charge in [0.15, 0.2) is 11.7 Å². The largest absolute Gasteiger partial charge is 0.449 e. The highest BCUT2D eigenvalue weighted by Gasteiger charge is 2.44. The van der Waals surface area contributed by atoms with Gasteiger partial charge in [0, 0.05) is 18.9 Å². The fraction of sp³-hybridized carbons (Fsp3) is 0.667. The van der Waals surface area contributed by atoms with Crippen LogP contribution >= 0.6 is 0 Å². The molecule has 5 nitrogen and oxygen atoms in total. The van der Waals surface area contributed by atoms with Crippen molar-refractivity contribution < 1.29 is 4.42 Å². The second-order valence-corrected chi connectivity index (χ2v) is 6.76. The fourth-order valence-electron chi connectivity index (χ4n) is 4.82. The van der Waals surface area contributed by atoms with Crippen molar-refractivity contribution in [1.82, 2.24) is 19.7 Å². The monoisotopic (exact) mass is 270 g/mol. The number of hydrogen-bond donors (Lipinski definition) is 0. The highest BCUT2D eigenvalue weighted by Crippen LogP contribution is 2.53. The van der Waals surface area contributed by atoms with Gasteiger partial charge in [-0.3, -0.25) is 0 Å². The van der Waals surface area contributed by atoms with Crippen LogP contribution < -0.4 is 0 Å². The van der Waals surface area contributed by atoms with E-state index in [1.807, 2.05) is 6.92 Å². The minimum Gasteiger partial charge on any atom is -0.449 e. The number of nitrogens with zero attached hydrogens (tertiary/aromatic N) is 4. The molecule has 0 spiro atoms. The van der Waals surface area contributed by atoms with E-state index in [1.165, 1.54) is 37.9 Å². The maximum atomic E-state index is 5.36. The third kappa shape index (κ3) is 1.41. The van der Waals surface area contributed by atoms with Gasteiger partial charge in [0.25, 0.3) is 0 Å². The summed E-state index contributed by atoms with van der Waals surface area (Å²) >= 11 is 0. The molecule has 2 aromatic heterocycles. The highest BCUT2D eigenvalue weighted by atomic mass is 16.3. The van der Waals surface area contributed by atoms with Gasteiger partial charge < -0.3 is 8.98 Å². The summed E-state index contributed by atoms with van der Waals surface area (Å²) in [6.07, 6.45) is 8.35. The highest BCUT2D eigenvalue weighted by molar-refractivity contribution is 5.48. The van der Waals surface area contributed by atoms with E-state index in [1.54, 1.807) is 6.26 Å². The van der Waals surface area contributed by atoms with Crippen LogP contribution in [-0.4, -0.2) is 19.7 Å². The molecule has 2 aliphatic carbocycles. The third-order valence-corrected chi connectivity index (χ3v) is 5.41. The van der Waals surface area contributed by atoms with Crippen molar-refractivity contribution in [2.24, 2.45) is 11.8 Å². The molecule has 2 saturated carbocycles. The van der Waals surface area contributed by atoms with Gasteiger partial charge in [-0.05, 0) is 43.9 Å². The lowest BCUT2D eigenvalue weighted by atomic mass is 9.68. The molecule has 0 aromatic carbocycles. The molecule has 4 bridgehead atoms. The van der Waals surface area contributed by atoms with Crippen molar-refractivity contribution >= 4 is 0 Å². The van der Waals surface area contributed by atoms with E-state index in [4.69, 9.17) is 4.42 Å². The SMILES string of the molecule is Cc1nc(-c2nnc3n2C2CC4CC(CC3C4)C2)co1. The quantitative estimate of drug-likeness (QED) is 0.799. The average molecular weight is 270 g/mol. The molecule has 4 heterocycles. The Morgan fingerprint density at radius 2 is 1.90 bits per heavy atom. The van der Waals surface area contributed by atoms with Crippen LogP contribution in [0.4, 0.5) is 0 Å². The van der Waals surface area contributed by atoms with Crippen LogP contribution in [0.15, 0.2) is 10.7 Å². The molecule has 2 aromatic rings. The van der Waals surface area contributed by atoms with Crippen LogP contribution in [0.2, 0.25) is 0 Å². The van der Waals surface area contributed by atoms with Gasteiger partial charge in [0.05, 0.1) is 0 Å². The standard InChI is InChI=1S/C15H18N4O/c1-8-16-13(7-20-8)15-18-17-14-11-3-9-2-10(4-11)6-12(5-9)19(14)15/h7,9-12H,2-6H2,1H3. The first-order valence-electron chi connectivity index (χ1n) is 7.65. The van der Waals surface area contributed by atoms with Crippen LogP contribution in [0.5, 0.6) is 0 Å². The summed E-state index contributed by atoms with van der Waals surface area (Å²) in [7, 11) is 0. The molecular weight excluding hydrogens is 252 g/mol. The van der Waals surface area contributed by atoms with Crippen molar-refractivity contribution in [3.63, 3.8) is 0 Å². The zero-order valence-electron chi connectivity index (χ0n) is 11.6. The van der Waals surface area contributed by atoms with Gasteiger partial charge in [-0.1, -0.05) is 0 Å². The van der Waals surface area contributed by atoms with Gasteiger partial charge in [0.1, 0.15) is 17.8 Å². The summed E-state index contributed by atoms with van der Waals surface area (Å²) in [5.74, 6) is 5.21. The summed E-state index contributed by atoms with van der Waals surface area (Å²) in [6.45, 7) is 1.87. The van der Waals surface area contributed by atoms with Crippen molar-refractivity contribution in [3.8, 4) is 11.5 Å². The second kappa shape index (κ2) is 3.71. The molecule has 2 unspecified atom stereocenters. The topological polar surface area (TPSA) is 56.7 Å². The van der Waals surface area contributed by atoms with Gasteiger partial charge >= 0.3 is 0 Å². The Labute approximate surface area is 117 Å². The average Bonchev–Trinajstić information content (AvgIpc) is 2.99. The van der Waals surface area contributed by atoms with Gasteiger partial charge in [-0.25, -0.2) is 4.98 Å². The first-order chi connectivity index (χ1) is 9.78. The second-order valence-electron chi connectivity index (χ2n) is 6.76. The van der Waals surface area contributed by atoms with Crippen molar-refractivity contribution in [2.75, 3.05) is 0 Å². The normalized spacial score (nSPS) is 34.2. The van der Waals surface area contributed by atoms with E-state index in [0.717, 1.165) is 23.4 Å². The molecule has 4 aliphatic rings. The third-order valence-electron chi connectivity index (χ3n) is 5.41. The van der Waals surface area contributed by atoms with Crippen molar-refractivity contribution in [1.29, 1.82) is 0 Å². The molecule has 0 radical (unpaired) electrons. The van der Waals surface area contributed by atoms with Crippen molar-refractivity contribution in [3.05, 3.63) is 18.0 Å². The summed E-state index contributed by atoms with van der Waals surface area (Å²) in [6, 6.07) is 0.572. The minimum atomic E-state index is 0.572. The number of hydrogen-bond acceptors (Lipinski definition) is 4. The maximum absolute atomic E-state index is 5.36. The summed E-state index contributed by atoms with van der Waals surface area (Å²) in [4.78, 5) is 4.45. The van der Waals surface area contributed by atoms with E-state index >= 15 is 0 Å². The summed E-state index contributed by atoms with van der Waals surface area (Å²) < 4.78 is 7.75. The predicted molar refractivity (Wildman–Crippen MR) is 72.1 cm³/mol. The first-order valence-corrected chi connectivity index (χ1v) is 7.65. The molecule has 2 aliphatic heterocycles. The van der Waals surface area contributed by atoms with Crippen LogP contribution in [0.3, 0.4) is 0 Å². The molecule has 0 saturated heterocycles. The zero-order chi connectivity index (χ0) is 13.3. The van der Waals surface area contributed by atoms with E-state index in [9.17, 15) is 0 Å². The molecule has 2 atom stereocenters. The van der Waals surface area contributed by atoms with Gasteiger partial charge in [0.2, 0.25) is 0 Å². The summed E-state index contributed by atoms with van der Waals surface area (Å²) in [5, 5.41) is 8.97. The van der Waals surface area contributed by atoms with E-state index in [-0.39, 0.29) is 0 Å². The Balaban J connectivity index is 1.69. The number of aryl methyl sites for hydroxylation is 1. The van der Waals surface area contributed by atoms with Crippen molar-refractivity contribution in [2.45, 2.75) is 51.0 Å². The molecule has 0 amide bonds. The molecule has 20 heavy (non-hydrogen) atoms. The molecule has 2 fully saturated rings. The number of oxazole rings is 1. The Morgan fingerprint density at radius 1 is 1.10 bits per heavy atom. The Bertz CT molecular complexity index is 659. The van der Waals surface area contributed by atoms with Crippen LogP contribution in [0, 0.1) is 18.8 Å². The number of aromatic nitrogens is 4. The molecular formula is C15H18N4O. The zero-order valence-corrected chi connectivity index (χ0v) is 11.6. The smallest absolute Gasteiger partial charge is 0.191 e. The Kier molecular flexibility index (Phi) is 2.05. The lowest BCUT2D eigenvalue weighted by molar-refractivity contribution is 0.150. The van der Waals surface area contributed by atoms with E-state index in [0.29, 0.717) is 17.9 Å². The number of rotatable bonds is 1. The first kappa shape index (κ1) is 11.1. The van der Waals surface area contributed by atoms with Crippen LogP contribution in [-0.2, 0) is 0 Å². The fourth-order valence-corrected chi connectivity index (χ4v) is 4.82. The van der Waals surface area contributed by atoms with E-state index < -0.39 is 0 Å². The Morgan fingerprint density at radius 3 is 2.60 bits per heavy atom. The predicted octanol–water partition coefficient (Wildman–Crippen LogP) is 3.09. The van der Waals surface area contributed by atoms with Gasteiger partial charge in [-0.15, -0.1) is 10.2 Å². The lowest BCUT2D eigenvalue weighted by Crippen LogP contribution is -2.27. The molecule has 104 valence electrons. The van der Waals surface area contributed by atoms with Gasteiger partial charge in [-0.2, -0.15) is 0 Å². The van der Waals surface area contributed by atoms with E-state index in [2.05, 4.69) is 19.7 Å². The maximum Gasteiger partial charge on any atom is 0.191 e. The van der Waals surface area contributed by atoms with Crippen LogP contribution in [0.1, 0.15) is 55.8 Å².